The molecule has 1 aromatic carbocycles. The molecule has 0 bridgehead atoms. The number of hydrogen-bond donors (Lipinski definition) is 0. The van der Waals surface area contributed by atoms with Crippen molar-refractivity contribution in [2.75, 3.05) is 0 Å². The minimum Gasteiger partial charge on any atom is -0.344 e. The molecule has 0 aromatic heterocycles. The van der Waals surface area contributed by atoms with Crippen LogP contribution in [0.25, 0.3) is 0 Å². The van der Waals surface area contributed by atoms with Crippen molar-refractivity contribution in [1.82, 2.24) is 0 Å². The third-order valence-electron chi connectivity index (χ3n) is 4.00. The van der Waals surface area contributed by atoms with E-state index in [9.17, 15) is 0 Å². The first-order valence-corrected chi connectivity index (χ1v) is 7.88. The summed E-state index contributed by atoms with van der Waals surface area (Å²) in [5.41, 5.74) is 1.27. The SMILES string of the molecule is CC1OC2(CCCCC2)OC1c1ccccc1I. The van der Waals surface area contributed by atoms with Crippen molar-refractivity contribution < 1.29 is 9.47 Å². The summed E-state index contributed by atoms with van der Waals surface area (Å²) in [5, 5.41) is 0. The molecule has 1 aromatic rings. The Labute approximate surface area is 122 Å². The molecule has 1 spiro atoms. The Kier molecular flexibility index (Phi) is 3.65. The van der Waals surface area contributed by atoms with Crippen molar-refractivity contribution in [2.45, 2.75) is 57.0 Å². The van der Waals surface area contributed by atoms with Gasteiger partial charge in [0.05, 0.1) is 6.10 Å². The zero-order chi connectivity index (χ0) is 12.6. The lowest BCUT2D eigenvalue weighted by atomic mass is 9.94. The zero-order valence-corrected chi connectivity index (χ0v) is 12.9. The molecule has 1 aliphatic heterocycles. The quantitative estimate of drug-likeness (QED) is 0.692. The molecule has 0 radical (unpaired) electrons. The summed E-state index contributed by atoms with van der Waals surface area (Å²) < 4.78 is 13.8. The van der Waals surface area contributed by atoms with Crippen LogP contribution in [0.15, 0.2) is 24.3 Å². The van der Waals surface area contributed by atoms with Gasteiger partial charge in [-0.15, -0.1) is 0 Å². The van der Waals surface area contributed by atoms with Gasteiger partial charge in [-0.25, -0.2) is 0 Å². The predicted octanol–water partition coefficient (Wildman–Crippen LogP) is 4.43. The van der Waals surface area contributed by atoms with Gasteiger partial charge in [0.1, 0.15) is 6.10 Å². The summed E-state index contributed by atoms with van der Waals surface area (Å²) in [6, 6.07) is 8.45. The first-order chi connectivity index (χ1) is 8.70. The van der Waals surface area contributed by atoms with Gasteiger partial charge in [0.2, 0.25) is 0 Å². The number of benzene rings is 1. The fraction of sp³-hybridized carbons (Fsp3) is 0.600. The van der Waals surface area contributed by atoms with Crippen LogP contribution < -0.4 is 0 Å². The van der Waals surface area contributed by atoms with Gasteiger partial charge in [0, 0.05) is 16.4 Å². The Hall–Kier alpha value is -0.130. The molecule has 3 heteroatoms. The molecule has 2 atom stereocenters. The monoisotopic (exact) mass is 358 g/mol. The molecule has 98 valence electrons. The highest BCUT2D eigenvalue weighted by atomic mass is 127. The maximum absolute atomic E-state index is 6.34. The molecule has 2 unspecified atom stereocenters. The van der Waals surface area contributed by atoms with Gasteiger partial charge in [-0.05, 0) is 54.0 Å². The van der Waals surface area contributed by atoms with Gasteiger partial charge >= 0.3 is 0 Å². The lowest BCUT2D eigenvalue weighted by Crippen LogP contribution is -2.33. The van der Waals surface area contributed by atoms with E-state index in [2.05, 4.69) is 53.8 Å². The molecule has 2 nitrogen and oxygen atoms in total. The van der Waals surface area contributed by atoms with Crippen molar-refractivity contribution in [3.63, 3.8) is 0 Å². The van der Waals surface area contributed by atoms with Crippen molar-refractivity contribution in [2.24, 2.45) is 0 Å². The second kappa shape index (κ2) is 5.10. The van der Waals surface area contributed by atoms with E-state index in [0.29, 0.717) is 0 Å². The molecule has 3 rings (SSSR count). The second-order valence-electron chi connectivity index (χ2n) is 5.35. The molecule has 1 saturated heterocycles. The van der Waals surface area contributed by atoms with Crippen LogP contribution in [0.5, 0.6) is 0 Å². The fourth-order valence-corrected chi connectivity index (χ4v) is 3.80. The highest BCUT2D eigenvalue weighted by Gasteiger charge is 2.46. The van der Waals surface area contributed by atoms with E-state index in [0.717, 1.165) is 12.8 Å². The minimum atomic E-state index is -0.290. The summed E-state index contributed by atoms with van der Waals surface area (Å²) in [4.78, 5) is 0. The van der Waals surface area contributed by atoms with E-state index in [1.54, 1.807) is 0 Å². The van der Waals surface area contributed by atoms with E-state index < -0.39 is 0 Å². The Morgan fingerprint density at radius 2 is 1.83 bits per heavy atom. The topological polar surface area (TPSA) is 18.5 Å². The van der Waals surface area contributed by atoms with Crippen molar-refractivity contribution in [3.8, 4) is 0 Å². The van der Waals surface area contributed by atoms with Crippen LogP contribution in [0.2, 0.25) is 0 Å². The molecule has 2 aliphatic rings. The average molecular weight is 358 g/mol. The van der Waals surface area contributed by atoms with Crippen LogP contribution in [0, 0.1) is 3.57 Å². The van der Waals surface area contributed by atoms with Gasteiger partial charge in [-0.3, -0.25) is 0 Å². The number of halogens is 1. The minimum absolute atomic E-state index is 0.0937. The van der Waals surface area contributed by atoms with Gasteiger partial charge < -0.3 is 9.47 Å². The third-order valence-corrected chi connectivity index (χ3v) is 4.98. The smallest absolute Gasteiger partial charge is 0.169 e. The molecule has 0 N–H and O–H groups in total. The normalized spacial score (nSPS) is 30.8. The lowest BCUT2D eigenvalue weighted by Gasteiger charge is -2.32. The van der Waals surface area contributed by atoms with E-state index in [-0.39, 0.29) is 18.0 Å². The molecule has 1 heterocycles. The molecule has 1 aliphatic carbocycles. The van der Waals surface area contributed by atoms with Crippen LogP contribution in [-0.4, -0.2) is 11.9 Å². The summed E-state index contributed by atoms with van der Waals surface area (Å²) >= 11 is 2.38. The number of hydrogen-bond acceptors (Lipinski definition) is 2. The molecule has 2 fully saturated rings. The largest absolute Gasteiger partial charge is 0.344 e. The Morgan fingerprint density at radius 1 is 1.11 bits per heavy atom. The fourth-order valence-electron chi connectivity index (χ4n) is 3.10. The van der Waals surface area contributed by atoms with E-state index in [1.807, 2.05) is 0 Å². The van der Waals surface area contributed by atoms with Gasteiger partial charge in [-0.1, -0.05) is 24.6 Å². The third kappa shape index (κ3) is 2.32. The van der Waals surface area contributed by atoms with Gasteiger partial charge in [-0.2, -0.15) is 0 Å². The Balaban J connectivity index is 1.84. The molecule has 18 heavy (non-hydrogen) atoms. The van der Waals surface area contributed by atoms with Crippen LogP contribution in [0.4, 0.5) is 0 Å². The van der Waals surface area contributed by atoms with E-state index >= 15 is 0 Å². The highest BCUT2D eigenvalue weighted by Crippen LogP contribution is 2.46. The predicted molar refractivity (Wildman–Crippen MR) is 79.3 cm³/mol. The van der Waals surface area contributed by atoms with E-state index in [1.165, 1.54) is 28.4 Å². The lowest BCUT2D eigenvalue weighted by molar-refractivity contribution is -0.193. The van der Waals surface area contributed by atoms with Crippen LogP contribution >= 0.6 is 22.6 Å². The summed E-state index contributed by atoms with van der Waals surface area (Å²) in [6.07, 6.45) is 6.12. The second-order valence-corrected chi connectivity index (χ2v) is 6.52. The summed E-state index contributed by atoms with van der Waals surface area (Å²) in [7, 11) is 0. The molecular formula is C15H19IO2. The van der Waals surface area contributed by atoms with Gasteiger partial charge in [0.15, 0.2) is 5.79 Å². The van der Waals surface area contributed by atoms with Crippen molar-refractivity contribution in [3.05, 3.63) is 33.4 Å². The molecular weight excluding hydrogens is 339 g/mol. The van der Waals surface area contributed by atoms with Crippen LogP contribution in [-0.2, 0) is 9.47 Å². The van der Waals surface area contributed by atoms with E-state index in [4.69, 9.17) is 9.47 Å². The number of ether oxygens (including phenoxy) is 2. The maximum Gasteiger partial charge on any atom is 0.169 e. The van der Waals surface area contributed by atoms with Crippen molar-refractivity contribution in [1.29, 1.82) is 0 Å². The first kappa shape index (κ1) is 12.9. The molecule has 1 saturated carbocycles. The first-order valence-electron chi connectivity index (χ1n) is 6.80. The Bertz CT molecular complexity index is 426. The van der Waals surface area contributed by atoms with Crippen LogP contribution in [0.3, 0.4) is 0 Å². The summed E-state index contributed by atoms with van der Waals surface area (Å²) in [5.74, 6) is -0.290. The Morgan fingerprint density at radius 3 is 2.56 bits per heavy atom. The maximum atomic E-state index is 6.34. The van der Waals surface area contributed by atoms with Crippen molar-refractivity contribution >= 4 is 22.6 Å². The zero-order valence-electron chi connectivity index (χ0n) is 10.7. The van der Waals surface area contributed by atoms with Gasteiger partial charge in [0.25, 0.3) is 0 Å². The highest BCUT2D eigenvalue weighted by molar-refractivity contribution is 14.1. The number of rotatable bonds is 1. The standard InChI is InChI=1S/C15H19IO2/c1-11-14(12-7-3-4-8-13(12)16)18-15(17-11)9-5-2-6-10-15/h3-4,7-8,11,14H,2,5-6,9-10H2,1H3. The van der Waals surface area contributed by atoms with Crippen LogP contribution in [0.1, 0.15) is 50.7 Å². The summed E-state index contributed by atoms with van der Waals surface area (Å²) in [6.45, 7) is 2.14. The average Bonchev–Trinajstić information content (AvgIpc) is 2.67. The molecule has 0 amide bonds.